The minimum absolute atomic E-state index is 0.0883. The van der Waals surface area contributed by atoms with Crippen LogP contribution in [0.5, 0.6) is 5.75 Å². The normalized spacial score (nSPS) is 11.8. The molecule has 0 unspecified atom stereocenters. The van der Waals surface area contributed by atoms with Gasteiger partial charge in [0, 0.05) is 23.4 Å². The zero-order valence-electron chi connectivity index (χ0n) is 18.1. The smallest absolute Gasteiger partial charge is 0.269 e. The van der Waals surface area contributed by atoms with Crippen molar-refractivity contribution >= 4 is 21.8 Å². The number of nitrogens with two attached hydrogens (primary N) is 1. The molecule has 34 heavy (non-hydrogen) atoms. The summed E-state index contributed by atoms with van der Waals surface area (Å²) in [5, 5.41) is 11.4. The van der Waals surface area contributed by atoms with Crippen molar-refractivity contribution in [3.63, 3.8) is 0 Å². The van der Waals surface area contributed by atoms with E-state index in [2.05, 4.69) is 31.2 Å². The van der Waals surface area contributed by atoms with E-state index < -0.39 is 30.2 Å². The molecule has 12 heteroatoms. The molecule has 0 saturated heterocycles. The first-order valence-electron chi connectivity index (χ1n) is 10.1. The maximum absolute atomic E-state index is 13.8. The Hall–Kier alpha value is -3.22. The van der Waals surface area contributed by atoms with Gasteiger partial charge in [-0.25, -0.2) is 8.78 Å². The van der Waals surface area contributed by atoms with Crippen molar-refractivity contribution in [1.82, 2.24) is 19.9 Å². The summed E-state index contributed by atoms with van der Waals surface area (Å²) >= 11 is 3.23. The standard InChI is InChI=1S/C22H22BrF2N5O4/c1-12-4-19(34-11-13-2-3-14(24)5-17(13)25)20(23)22(33)30(12)9-16-8-27-15(6-28-16)7-29-21(32)18(26)10-31/h2-6,8,18,31H,7,9-11,26H2,1H3,(H,29,32)/t18-/m1/s1. The number of carbonyl (C=O) groups is 1. The second kappa shape index (κ2) is 11.3. The number of nitrogens with zero attached hydrogens (tertiary/aromatic N) is 3. The van der Waals surface area contributed by atoms with Crippen LogP contribution in [-0.2, 0) is 24.5 Å². The summed E-state index contributed by atoms with van der Waals surface area (Å²) in [5.74, 6) is -1.71. The third-order valence-corrected chi connectivity index (χ3v) is 5.60. The number of halogens is 3. The third kappa shape index (κ3) is 6.22. The first kappa shape index (κ1) is 25.4. The highest BCUT2D eigenvalue weighted by atomic mass is 79.9. The van der Waals surface area contributed by atoms with E-state index in [-0.39, 0.29) is 41.0 Å². The minimum atomic E-state index is -1.01. The van der Waals surface area contributed by atoms with Crippen LogP contribution < -0.4 is 21.3 Å². The van der Waals surface area contributed by atoms with Crippen LogP contribution in [0.1, 0.15) is 22.6 Å². The first-order chi connectivity index (χ1) is 16.2. The van der Waals surface area contributed by atoms with Crippen molar-refractivity contribution < 1.29 is 23.4 Å². The summed E-state index contributed by atoms with van der Waals surface area (Å²) in [6, 6.07) is 3.78. The van der Waals surface area contributed by atoms with Crippen LogP contribution in [0.2, 0.25) is 0 Å². The summed E-state index contributed by atoms with van der Waals surface area (Å²) < 4.78 is 34.1. The largest absolute Gasteiger partial charge is 0.487 e. The molecule has 0 spiro atoms. The van der Waals surface area contributed by atoms with Crippen molar-refractivity contribution in [2.45, 2.75) is 32.7 Å². The van der Waals surface area contributed by atoms with Gasteiger partial charge in [0.25, 0.3) is 5.56 Å². The number of pyridine rings is 1. The molecular weight excluding hydrogens is 516 g/mol. The van der Waals surface area contributed by atoms with Gasteiger partial charge in [0.15, 0.2) is 0 Å². The Labute approximate surface area is 201 Å². The Morgan fingerprint density at radius 3 is 2.62 bits per heavy atom. The number of carbonyl (C=O) groups excluding carboxylic acids is 1. The van der Waals surface area contributed by atoms with Gasteiger partial charge in [-0.3, -0.25) is 19.6 Å². The van der Waals surface area contributed by atoms with Gasteiger partial charge in [-0.2, -0.15) is 0 Å². The van der Waals surface area contributed by atoms with Crippen LogP contribution in [0.4, 0.5) is 8.78 Å². The Morgan fingerprint density at radius 2 is 1.97 bits per heavy atom. The van der Waals surface area contributed by atoms with Gasteiger partial charge in [-0.15, -0.1) is 0 Å². The van der Waals surface area contributed by atoms with E-state index in [1.54, 1.807) is 13.0 Å². The zero-order chi connectivity index (χ0) is 24.8. The van der Waals surface area contributed by atoms with Crippen LogP contribution in [0.15, 0.2) is 45.9 Å². The lowest BCUT2D eigenvalue weighted by atomic mass is 10.2. The average molecular weight is 538 g/mol. The quantitative estimate of drug-likeness (QED) is 0.377. The van der Waals surface area contributed by atoms with E-state index in [4.69, 9.17) is 15.6 Å². The molecule has 0 aliphatic heterocycles. The van der Waals surface area contributed by atoms with E-state index in [1.807, 2.05) is 0 Å². The van der Waals surface area contributed by atoms with Gasteiger partial charge in [0.2, 0.25) is 5.91 Å². The highest BCUT2D eigenvalue weighted by Crippen LogP contribution is 2.24. The maximum atomic E-state index is 13.8. The number of nitrogens with one attached hydrogen (secondary N) is 1. The molecule has 3 aromatic rings. The molecule has 0 radical (unpaired) electrons. The van der Waals surface area contributed by atoms with Crippen LogP contribution in [0, 0.1) is 18.6 Å². The molecular formula is C22H22BrF2N5O4. The number of aliphatic hydroxyl groups is 1. The summed E-state index contributed by atoms with van der Waals surface area (Å²) in [6.07, 6.45) is 2.94. The van der Waals surface area contributed by atoms with Crippen molar-refractivity contribution in [2.24, 2.45) is 5.73 Å². The molecule has 2 heterocycles. The number of hydrogen-bond acceptors (Lipinski definition) is 7. The fourth-order valence-electron chi connectivity index (χ4n) is 2.92. The topological polar surface area (TPSA) is 132 Å². The number of aryl methyl sites for hydroxylation is 1. The summed E-state index contributed by atoms with van der Waals surface area (Å²) in [7, 11) is 0. The van der Waals surface area contributed by atoms with Gasteiger partial charge < -0.3 is 25.5 Å². The maximum Gasteiger partial charge on any atom is 0.269 e. The van der Waals surface area contributed by atoms with E-state index in [9.17, 15) is 18.4 Å². The van der Waals surface area contributed by atoms with E-state index in [0.717, 1.165) is 12.1 Å². The van der Waals surface area contributed by atoms with Gasteiger partial charge in [0.05, 0.1) is 43.5 Å². The van der Waals surface area contributed by atoms with Gasteiger partial charge in [-0.1, -0.05) is 0 Å². The number of amides is 1. The fourth-order valence-corrected chi connectivity index (χ4v) is 3.36. The summed E-state index contributed by atoms with van der Waals surface area (Å²) in [6.45, 7) is 1.28. The van der Waals surface area contributed by atoms with E-state index in [0.29, 0.717) is 17.1 Å². The number of aliphatic hydroxyl groups excluding tert-OH is 1. The minimum Gasteiger partial charge on any atom is -0.487 e. The van der Waals surface area contributed by atoms with Crippen LogP contribution in [0.25, 0.3) is 0 Å². The Bertz CT molecular complexity index is 1240. The molecule has 0 fully saturated rings. The molecule has 1 aromatic carbocycles. The van der Waals surface area contributed by atoms with Gasteiger partial charge >= 0.3 is 0 Å². The third-order valence-electron chi connectivity index (χ3n) is 4.87. The second-order valence-electron chi connectivity index (χ2n) is 7.39. The fraction of sp³-hybridized carbons (Fsp3) is 0.273. The number of aromatic nitrogens is 3. The van der Waals surface area contributed by atoms with Gasteiger partial charge in [0.1, 0.15) is 34.5 Å². The predicted octanol–water partition coefficient (Wildman–Crippen LogP) is 1.55. The lowest BCUT2D eigenvalue weighted by Gasteiger charge is -2.15. The van der Waals surface area contributed by atoms with E-state index >= 15 is 0 Å². The van der Waals surface area contributed by atoms with Crippen molar-refractivity contribution in [1.29, 1.82) is 0 Å². The highest BCUT2D eigenvalue weighted by Gasteiger charge is 2.15. The van der Waals surface area contributed by atoms with Crippen LogP contribution >= 0.6 is 15.9 Å². The number of ether oxygens (including phenoxy) is 1. The zero-order valence-corrected chi connectivity index (χ0v) is 19.7. The molecule has 3 rings (SSSR count). The molecule has 180 valence electrons. The lowest BCUT2D eigenvalue weighted by Crippen LogP contribution is -2.42. The SMILES string of the molecule is Cc1cc(OCc2ccc(F)cc2F)c(Br)c(=O)n1Cc1cnc(CNC(=O)[C@H](N)CO)cn1. The molecule has 4 N–H and O–H groups in total. The molecule has 0 saturated carbocycles. The first-order valence-corrected chi connectivity index (χ1v) is 10.9. The second-order valence-corrected chi connectivity index (χ2v) is 8.18. The molecule has 0 aliphatic carbocycles. The van der Waals surface area contributed by atoms with Crippen molar-refractivity contribution in [3.05, 3.63) is 85.8 Å². The Morgan fingerprint density at radius 1 is 1.26 bits per heavy atom. The van der Waals surface area contributed by atoms with E-state index in [1.165, 1.54) is 23.0 Å². The molecule has 1 amide bonds. The predicted molar refractivity (Wildman–Crippen MR) is 122 cm³/mol. The van der Waals surface area contributed by atoms with Crippen molar-refractivity contribution in [3.8, 4) is 5.75 Å². The number of rotatable bonds is 9. The monoisotopic (exact) mass is 537 g/mol. The molecule has 9 nitrogen and oxygen atoms in total. The van der Waals surface area contributed by atoms with Gasteiger partial charge in [-0.05, 0) is 35.0 Å². The average Bonchev–Trinajstić information content (AvgIpc) is 2.82. The molecule has 0 aliphatic rings. The Kier molecular flexibility index (Phi) is 8.42. The lowest BCUT2D eigenvalue weighted by molar-refractivity contribution is -0.123. The van der Waals surface area contributed by atoms with Crippen molar-refractivity contribution in [2.75, 3.05) is 6.61 Å². The molecule has 2 aromatic heterocycles. The highest BCUT2D eigenvalue weighted by molar-refractivity contribution is 9.10. The summed E-state index contributed by atoms with van der Waals surface area (Å²) in [4.78, 5) is 33.0. The van der Waals surface area contributed by atoms with Crippen LogP contribution in [0.3, 0.4) is 0 Å². The summed E-state index contributed by atoms with van der Waals surface area (Å²) in [5.41, 5.74) is 6.74. The van der Waals surface area contributed by atoms with Crippen LogP contribution in [-0.4, -0.2) is 38.2 Å². The number of hydrogen-bond donors (Lipinski definition) is 3. The Balaban J connectivity index is 1.69. The molecule has 1 atom stereocenters. The number of benzene rings is 1. The molecule has 0 bridgehead atoms.